The maximum Gasteiger partial charge on any atom is 0.416 e. The second kappa shape index (κ2) is 13.3. The van der Waals surface area contributed by atoms with Crippen LogP contribution < -0.4 is 16.0 Å². The number of nitrogens with one attached hydrogen (secondary N) is 3. The van der Waals surface area contributed by atoms with Gasteiger partial charge >= 0.3 is 12.2 Å². The molecule has 44 heavy (non-hydrogen) atoms. The molecule has 1 aromatic carbocycles. The van der Waals surface area contributed by atoms with Crippen LogP contribution >= 0.6 is 22.7 Å². The van der Waals surface area contributed by atoms with Gasteiger partial charge in [-0.1, -0.05) is 6.07 Å². The van der Waals surface area contributed by atoms with Gasteiger partial charge in [-0.05, 0) is 24.3 Å². The summed E-state index contributed by atoms with van der Waals surface area (Å²) in [5.74, 6) is 0.731. The molecule has 0 atom stereocenters. The average Bonchev–Trinajstić information content (AvgIpc) is 3.77. The summed E-state index contributed by atoms with van der Waals surface area (Å²) in [5.41, 5.74) is 1.07. The molecule has 1 aliphatic rings. The third-order valence-electron chi connectivity index (χ3n) is 6.86. The van der Waals surface area contributed by atoms with Crippen molar-refractivity contribution in [3.8, 4) is 10.4 Å². The Morgan fingerprint density at radius 2 is 1.89 bits per heavy atom. The van der Waals surface area contributed by atoms with Crippen LogP contribution in [0.25, 0.3) is 20.7 Å². The number of amides is 2. The van der Waals surface area contributed by atoms with Gasteiger partial charge in [0, 0.05) is 66.0 Å². The van der Waals surface area contributed by atoms with Gasteiger partial charge in [-0.2, -0.15) is 18.3 Å². The van der Waals surface area contributed by atoms with Crippen molar-refractivity contribution in [1.29, 1.82) is 0 Å². The number of carbonyl (C=O) groups is 1. The molecule has 0 aliphatic carbocycles. The number of ether oxygens (including phenoxy) is 1. The Morgan fingerprint density at radius 3 is 2.73 bits per heavy atom. The molecule has 6 rings (SSSR count). The molecule has 1 fully saturated rings. The van der Waals surface area contributed by atoms with Crippen LogP contribution in [-0.4, -0.2) is 75.1 Å². The summed E-state index contributed by atoms with van der Waals surface area (Å²) in [4.78, 5) is 29.7. The molecule has 1 aliphatic heterocycles. The Labute approximate surface area is 258 Å². The van der Waals surface area contributed by atoms with E-state index < -0.39 is 17.8 Å². The Balaban J connectivity index is 1.01. The highest BCUT2D eigenvalue weighted by Crippen LogP contribution is 2.35. The summed E-state index contributed by atoms with van der Waals surface area (Å²) in [7, 11) is 0. The lowest BCUT2D eigenvalue weighted by Crippen LogP contribution is -2.38. The van der Waals surface area contributed by atoms with Crippen molar-refractivity contribution in [1.82, 2.24) is 29.6 Å². The topological polar surface area (TPSA) is 122 Å². The normalized spacial score (nSPS) is 14.2. The zero-order chi connectivity index (χ0) is 30.5. The molecular formula is C28H28F3N9O2S2. The Bertz CT molecular complexity index is 1730. The fourth-order valence-electron chi connectivity index (χ4n) is 4.62. The lowest BCUT2D eigenvalue weighted by atomic mass is 10.2. The molecule has 0 radical (unpaired) electrons. The molecule has 0 spiro atoms. The summed E-state index contributed by atoms with van der Waals surface area (Å²) in [6.07, 6.45) is 3.24. The summed E-state index contributed by atoms with van der Waals surface area (Å²) in [6.45, 7) is 5.76. The second-order valence-corrected chi connectivity index (χ2v) is 12.1. The molecular weight excluding hydrogens is 615 g/mol. The van der Waals surface area contributed by atoms with Crippen molar-refractivity contribution >= 4 is 55.6 Å². The first-order valence-electron chi connectivity index (χ1n) is 13.8. The molecule has 1 saturated heterocycles. The number of nitrogens with zero attached hydrogens (tertiary/aromatic N) is 6. The summed E-state index contributed by atoms with van der Waals surface area (Å²) in [5, 5.41) is 13.2. The van der Waals surface area contributed by atoms with Crippen molar-refractivity contribution in [2.45, 2.75) is 19.1 Å². The van der Waals surface area contributed by atoms with Gasteiger partial charge < -0.3 is 15.4 Å². The van der Waals surface area contributed by atoms with Gasteiger partial charge in [0.2, 0.25) is 0 Å². The minimum Gasteiger partial charge on any atom is -0.379 e. The molecule has 3 N–H and O–H groups in total. The minimum atomic E-state index is -4.50. The molecule has 230 valence electrons. The van der Waals surface area contributed by atoms with E-state index in [9.17, 15) is 18.0 Å². The molecule has 11 nitrogen and oxygen atoms in total. The quantitative estimate of drug-likeness (QED) is 0.178. The number of thiazole rings is 1. The molecule has 16 heteroatoms. The first-order valence-corrected chi connectivity index (χ1v) is 15.4. The number of urea groups is 1. The fourth-order valence-corrected chi connectivity index (χ4v) is 6.48. The van der Waals surface area contributed by atoms with Gasteiger partial charge in [0.1, 0.15) is 12.1 Å². The van der Waals surface area contributed by atoms with Crippen LogP contribution in [0.1, 0.15) is 10.4 Å². The Morgan fingerprint density at radius 1 is 1.02 bits per heavy atom. The zero-order valence-corrected chi connectivity index (χ0v) is 24.9. The van der Waals surface area contributed by atoms with Crippen molar-refractivity contribution in [2.24, 2.45) is 0 Å². The number of rotatable bonds is 10. The Kier molecular flexibility index (Phi) is 9.02. The molecule has 5 aromatic rings. The highest BCUT2D eigenvalue weighted by atomic mass is 32.1. The number of hydrogen-bond donors (Lipinski definition) is 3. The number of aromatic nitrogens is 5. The molecule has 0 saturated carbocycles. The second-order valence-electron chi connectivity index (χ2n) is 9.96. The largest absolute Gasteiger partial charge is 0.416 e. The van der Waals surface area contributed by atoms with Crippen LogP contribution in [0.2, 0.25) is 0 Å². The fraction of sp³-hybridized carbons (Fsp3) is 0.321. The maximum absolute atomic E-state index is 12.9. The van der Waals surface area contributed by atoms with Gasteiger partial charge in [-0.15, -0.1) is 22.7 Å². The molecule has 2 amide bonds. The number of thiophene rings is 1. The highest BCUT2D eigenvalue weighted by Gasteiger charge is 2.30. The Hall–Kier alpha value is -4.12. The van der Waals surface area contributed by atoms with Crippen LogP contribution in [-0.2, 0) is 23.9 Å². The van der Waals surface area contributed by atoms with Crippen LogP contribution in [0, 0.1) is 0 Å². The van der Waals surface area contributed by atoms with E-state index in [2.05, 4.69) is 47.1 Å². The van der Waals surface area contributed by atoms with Crippen molar-refractivity contribution in [3.63, 3.8) is 0 Å². The standard InChI is InChI=1S/C28H28F3N9O2S2/c29-28(30,31)19-2-1-3-20(12-19)37-26(41)38-27-33-15-21(43-27)4-5-32-25-24-22(34-17-35-25)13-23(44-24)18-14-36-40(16-18)7-6-39-8-10-42-11-9-39/h1-3,12-17H,4-11H2,(H,32,34,35)(H2,33,37,38,41). The number of alkyl halides is 3. The van der Waals surface area contributed by atoms with Crippen molar-refractivity contribution in [3.05, 3.63) is 65.7 Å². The average molecular weight is 644 g/mol. The van der Waals surface area contributed by atoms with E-state index in [1.165, 1.54) is 29.8 Å². The number of hydrogen-bond acceptors (Lipinski definition) is 10. The van der Waals surface area contributed by atoms with Gasteiger partial charge in [0.05, 0.1) is 41.7 Å². The lowest BCUT2D eigenvalue weighted by molar-refractivity contribution is -0.137. The van der Waals surface area contributed by atoms with E-state index in [0.29, 0.717) is 18.1 Å². The number of carbonyl (C=O) groups excluding carboxylic acids is 1. The summed E-state index contributed by atoms with van der Waals surface area (Å²) >= 11 is 2.88. The van der Waals surface area contributed by atoms with Gasteiger partial charge in [0.15, 0.2) is 5.13 Å². The molecule has 0 unspecified atom stereocenters. The van der Waals surface area contributed by atoms with Crippen molar-refractivity contribution in [2.75, 3.05) is 55.3 Å². The van der Waals surface area contributed by atoms with Gasteiger partial charge in [-0.3, -0.25) is 14.9 Å². The van der Waals surface area contributed by atoms with E-state index >= 15 is 0 Å². The van der Waals surface area contributed by atoms with Crippen LogP contribution in [0.3, 0.4) is 0 Å². The van der Waals surface area contributed by atoms with Crippen molar-refractivity contribution < 1.29 is 22.7 Å². The maximum atomic E-state index is 12.9. The number of halogens is 3. The zero-order valence-electron chi connectivity index (χ0n) is 23.3. The number of fused-ring (bicyclic) bond motifs is 1. The van der Waals surface area contributed by atoms with E-state index in [0.717, 1.165) is 82.9 Å². The summed E-state index contributed by atoms with van der Waals surface area (Å²) in [6, 6.07) is 5.80. The summed E-state index contributed by atoms with van der Waals surface area (Å²) < 4.78 is 47.1. The predicted molar refractivity (Wildman–Crippen MR) is 164 cm³/mol. The smallest absolute Gasteiger partial charge is 0.379 e. The van der Waals surface area contributed by atoms with E-state index in [1.54, 1.807) is 17.5 Å². The third kappa shape index (κ3) is 7.50. The van der Waals surface area contributed by atoms with Crippen LogP contribution in [0.4, 0.5) is 34.6 Å². The number of anilines is 3. The molecule has 5 heterocycles. The molecule has 4 aromatic heterocycles. The highest BCUT2D eigenvalue weighted by molar-refractivity contribution is 7.22. The number of benzene rings is 1. The van der Waals surface area contributed by atoms with Crippen LogP contribution in [0.5, 0.6) is 0 Å². The molecule has 0 bridgehead atoms. The predicted octanol–water partition coefficient (Wildman–Crippen LogP) is 5.66. The minimum absolute atomic E-state index is 0.0313. The van der Waals surface area contributed by atoms with E-state index in [-0.39, 0.29) is 5.69 Å². The van der Waals surface area contributed by atoms with E-state index in [4.69, 9.17) is 4.74 Å². The van der Waals surface area contributed by atoms with Crippen LogP contribution in [0.15, 0.2) is 55.2 Å². The first-order chi connectivity index (χ1) is 21.3. The monoisotopic (exact) mass is 643 g/mol. The lowest BCUT2D eigenvalue weighted by Gasteiger charge is -2.26. The van der Waals surface area contributed by atoms with Gasteiger partial charge in [-0.25, -0.2) is 19.7 Å². The third-order valence-corrected chi connectivity index (χ3v) is 9.02. The van der Waals surface area contributed by atoms with E-state index in [1.807, 2.05) is 16.9 Å². The number of morpholine rings is 1. The van der Waals surface area contributed by atoms with Gasteiger partial charge in [0.25, 0.3) is 0 Å². The first kappa shape index (κ1) is 29.9. The SMILES string of the molecule is O=C(Nc1cccc(C(F)(F)F)c1)Nc1ncc(CCNc2ncnc3cc(-c4cnn(CCN5CCOCC5)c4)sc23)s1.